The van der Waals surface area contributed by atoms with E-state index >= 15 is 0 Å². The van der Waals surface area contributed by atoms with Crippen LogP contribution in [-0.2, 0) is 0 Å². The predicted molar refractivity (Wildman–Crippen MR) is 72.1 cm³/mol. The van der Waals surface area contributed by atoms with Crippen LogP contribution < -0.4 is 0 Å². The van der Waals surface area contributed by atoms with Crippen LogP contribution in [-0.4, -0.2) is 0 Å². The van der Waals surface area contributed by atoms with Crippen LogP contribution in [0.25, 0.3) is 0 Å². The Bertz CT molecular complexity index is 15.5. The molecule has 8 heavy (non-hydrogen) atoms. The Morgan fingerprint density at radius 3 is 0.500 bits per heavy atom. The van der Waals surface area contributed by atoms with Gasteiger partial charge >= 0.3 is 0 Å². The van der Waals surface area contributed by atoms with Gasteiger partial charge in [0, 0.05) is 0 Å². The smallest absolute Gasteiger partial charge is 0.0500 e. The van der Waals surface area contributed by atoms with Crippen molar-refractivity contribution in [1.29, 1.82) is 0 Å². The van der Waals surface area contributed by atoms with Crippen LogP contribution in [0.1, 0.15) is 0 Å². The fourth-order valence-electron chi connectivity index (χ4n) is 0. The van der Waals surface area contributed by atoms with Crippen LogP contribution in [0.5, 0.6) is 0 Å². The molecule has 0 N–H and O–H groups in total. The second-order valence-corrected chi connectivity index (χ2v) is 24.1. The zero-order valence-corrected chi connectivity index (χ0v) is 13.1. The molecule has 0 heterocycles. The normalized spacial score (nSPS) is 9.00. The van der Waals surface area contributed by atoms with E-state index in [0.717, 1.165) is 0 Å². The highest BCUT2D eigenvalue weighted by Crippen LogP contribution is 2.60. The zero-order valence-electron chi connectivity index (χ0n) is 4.36. The maximum Gasteiger partial charge on any atom is -0.0500 e. The third kappa shape index (κ3) is 56.8. The second-order valence-electron chi connectivity index (χ2n) is 0.894. The largest absolute Gasteiger partial charge is 0.103 e. The van der Waals surface area contributed by atoms with E-state index in [9.17, 15) is 0 Å². The van der Waals surface area contributed by atoms with Crippen LogP contribution in [0.15, 0.2) is 0 Å². The molecule has 0 saturated carbocycles. The van der Waals surface area contributed by atoms with Crippen molar-refractivity contribution in [3.05, 3.63) is 0 Å². The summed E-state index contributed by atoms with van der Waals surface area (Å²) in [4.78, 5) is 0. The lowest BCUT2D eigenvalue weighted by atomic mass is 29.2. The number of hydrogen-bond acceptors (Lipinski definition) is 0. The molecule has 0 amide bonds. The lowest BCUT2D eigenvalue weighted by Crippen LogP contribution is -0.870. The monoisotopic (exact) mass is 260 g/mol. The van der Waals surface area contributed by atoms with E-state index in [1.165, 1.54) is 0 Å². The van der Waals surface area contributed by atoms with Crippen molar-refractivity contribution in [2.45, 2.75) is 0 Å². The van der Waals surface area contributed by atoms with Gasteiger partial charge in [0.25, 0.3) is 0 Å². The van der Waals surface area contributed by atoms with E-state index in [1.54, 1.807) is 0 Å². The first kappa shape index (κ1) is 14.0. The Labute approximate surface area is 67.7 Å². The quantitative estimate of drug-likeness (QED) is 0.583. The summed E-state index contributed by atoms with van der Waals surface area (Å²) in [7, 11) is 15.9. The van der Waals surface area contributed by atoms with Crippen LogP contribution >= 0.6 is 67.5 Å². The zero-order chi connectivity index (χ0) is 7.15. The minimum absolute atomic E-state index is 0.130. The average molecular weight is 260 g/mol. The van der Waals surface area contributed by atoms with Crippen LogP contribution in [0, 0.1) is 0 Å². The molecular formula is H12P8. The average Bonchev–Trinajstić information content (AvgIpc) is 1.25. The van der Waals surface area contributed by atoms with Gasteiger partial charge in [0.1, 0.15) is 0 Å². The summed E-state index contributed by atoms with van der Waals surface area (Å²) in [6.07, 6.45) is 0. The van der Waals surface area contributed by atoms with Gasteiger partial charge in [-0.3, -0.25) is 0 Å². The molecule has 0 saturated heterocycles. The molecular weight excluding hydrogens is 248 g/mol. The maximum atomic E-state index is 2.65. The summed E-state index contributed by atoms with van der Waals surface area (Å²) in [5, 5.41) is 0. The molecule has 0 radical (unpaired) electrons. The molecule has 0 aliphatic heterocycles. The molecule has 6 atom stereocenters. The van der Waals surface area contributed by atoms with E-state index in [2.05, 4.69) is 53.6 Å². The van der Waals surface area contributed by atoms with E-state index in [0.29, 0.717) is 0 Å². The molecule has 0 aliphatic carbocycles. The molecule has 0 nitrogen and oxygen atoms in total. The van der Waals surface area contributed by atoms with Gasteiger partial charge in [0.15, 0.2) is 0 Å². The standard InChI is InChI=1S/2H6P4/c2*1-4(2)3/h2*1-3H2. The minimum atomic E-state index is 0.130. The Kier molecular flexibility index (Phi) is 18.3. The van der Waals surface area contributed by atoms with Gasteiger partial charge in [-0.2, -0.15) is 0 Å². The van der Waals surface area contributed by atoms with Gasteiger partial charge in [-0.25, -0.2) is 0 Å². The van der Waals surface area contributed by atoms with Gasteiger partial charge < -0.3 is 0 Å². The molecule has 52 valence electrons. The van der Waals surface area contributed by atoms with Gasteiger partial charge in [0.2, 0.25) is 0 Å². The van der Waals surface area contributed by atoms with Crippen molar-refractivity contribution in [1.82, 2.24) is 0 Å². The predicted octanol–water partition coefficient (Wildman–Crippen LogP) is 3.68. The molecule has 0 aromatic rings. The first-order chi connectivity index (χ1) is 3.46. The van der Waals surface area contributed by atoms with Crippen LogP contribution in [0.3, 0.4) is 0 Å². The summed E-state index contributed by atoms with van der Waals surface area (Å²) < 4.78 is 0. The summed E-state index contributed by atoms with van der Waals surface area (Å²) in [5.41, 5.74) is 0. The van der Waals surface area contributed by atoms with Crippen LogP contribution in [0.2, 0.25) is 0 Å². The minimum Gasteiger partial charge on any atom is -0.103 e. The second kappa shape index (κ2) is 10.4. The van der Waals surface area contributed by atoms with Crippen molar-refractivity contribution in [2.24, 2.45) is 0 Å². The van der Waals surface area contributed by atoms with Gasteiger partial charge in [-0.05, 0) is 14.0 Å². The first-order valence-corrected chi connectivity index (χ1v) is 13.9. The number of hydrogen-bond donors (Lipinski definition) is 0. The molecule has 0 fully saturated rings. The van der Waals surface area contributed by atoms with E-state index < -0.39 is 0 Å². The first-order valence-electron chi connectivity index (χ1n) is 1.55. The molecule has 0 aliphatic rings. The Balaban J connectivity index is 0. The van der Waals surface area contributed by atoms with Crippen molar-refractivity contribution >= 4 is 67.5 Å². The highest BCUT2D eigenvalue weighted by Gasteiger charge is 1.66. The lowest BCUT2D eigenvalue weighted by molar-refractivity contribution is 5.19. The molecule has 8 heteroatoms. The highest BCUT2D eigenvalue weighted by atomic mass is 32.7. The Morgan fingerprint density at radius 1 is 0.500 bits per heavy atom. The van der Waals surface area contributed by atoms with Crippen LogP contribution in [0.4, 0.5) is 0 Å². The molecule has 0 aromatic carbocycles. The highest BCUT2D eigenvalue weighted by molar-refractivity contribution is 8.66. The fraction of sp³-hybridized carbons (Fsp3) is 0. The van der Waals surface area contributed by atoms with E-state index in [4.69, 9.17) is 0 Å². The Hall–Kier alpha value is 3.44. The fourth-order valence-corrected chi connectivity index (χ4v) is 0. The van der Waals surface area contributed by atoms with E-state index in [-0.39, 0.29) is 14.0 Å². The molecule has 0 rings (SSSR count). The molecule has 0 aromatic heterocycles. The summed E-state index contributed by atoms with van der Waals surface area (Å²) in [6.45, 7) is 0.259. The molecule has 0 spiro atoms. The summed E-state index contributed by atoms with van der Waals surface area (Å²) in [6, 6.07) is 0. The van der Waals surface area contributed by atoms with Gasteiger partial charge in [0.05, 0.1) is 0 Å². The molecule has 6 unspecified atom stereocenters. The third-order valence-corrected chi connectivity index (χ3v) is 0. The lowest BCUT2D eigenvalue weighted by Gasteiger charge is -1.81. The molecule has 0 bridgehead atoms. The summed E-state index contributed by atoms with van der Waals surface area (Å²) in [5.74, 6) is 0. The van der Waals surface area contributed by atoms with Crippen molar-refractivity contribution in [2.75, 3.05) is 0 Å². The third-order valence-electron chi connectivity index (χ3n) is 0. The Morgan fingerprint density at radius 2 is 0.500 bits per heavy atom. The SMILES string of the molecule is PP(P)P.PP(P)P. The van der Waals surface area contributed by atoms with Crippen molar-refractivity contribution < 1.29 is 0 Å². The maximum absolute atomic E-state index is 2.65. The number of rotatable bonds is 0. The van der Waals surface area contributed by atoms with Gasteiger partial charge in [-0.15, -0.1) is 53.6 Å². The van der Waals surface area contributed by atoms with Crippen molar-refractivity contribution in [3.8, 4) is 0 Å². The van der Waals surface area contributed by atoms with Crippen molar-refractivity contribution in [3.63, 3.8) is 0 Å². The summed E-state index contributed by atoms with van der Waals surface area (Å²) >= 11 is 0. The topological polar surface area (TPSA) is 0 Å². The van der Waals surface area contributed by atoms with E-state index in [1.807, 2.05) is 0 Å². The van der Waals surface area contributed by atoms with Gasteiger partial charge in [-0.1, -0.05) is 0 Å².